The van der Waals surface area contributed by atoms with Crippen LogP contribution in [0.15, 0.2) is 41.4 Å². The largest absolute Gasteiger partial charge is 0.349 e. The molecule has 1 amide bonds. The van der Waals surface area contributed by atoms with Crippen LogP contribution in [0, 0.1) is 6.92 Å². The molecular formula is C23H31ClN4O3S. The van der Waals surface area contributed by atoms with Gasteiger partial charge in [-0.2, -0.15) is 4.31 Å². The van der Waals surface area contributed by atoms with Crippen molar-refractivity contribution in [2.45, 2.75) is 50.7 Å². The van der Waals surface area contributed by atoms with Crippen LogP contribution in [0.25, 0.3) is 0 Å². The normalized spacial score (nSPS) is 20.5. The van der Waals surface area contributed by atoms with Crippen molar-refractivity contribution in [2.24, 2.45) is 0 Å². The molecule has 32 heavy (non-hydrogen) atoms. The van der Waals surface area contributed by atoms with E-state index in [1.54, 1.807) is 25.1 Å². The van der Waals surface area contributed by atoms with Crippen LogP contribution >= 0.6 is 11.6 Å². The average Bonchev–Trinajstić information content (AvgIpc) is 3.23. The van der Waals surface area contributed by atoms with Crippen LogP contribution in [0.1, 0.15) is 37.6 Å². The number of carbonyl (C=O) groups is 1. The quantitative estimate of drug-likeness (QED) is 0.662. The van der Waals surface area contributed by atoms with Gasteiger partial charge in [0.15, 0.2) is 0 Å². The fourth-order valence-corrected chi connectivity index (χ4v) is 7.16. The van der Waals surface area contributed by atoms with Crippen molar-refractivity contribution in [1.82, 2.24) is 18.7 Å². The summed E-state index contributed by atoms with van der Waals surface area (Å²) in [5.74, 6) is -0.0101. The smallest absolute Gasteiger partial charge is 0.245 e. The second kappa shape index (κ2) is 9.17. The van der Waals surface area contributed by atoms with E-state index < -0.39 is 16.1 Å². The lowest BCUT2D eigenvalue weighted by molar-refractivity contribution is -0.134. The van der Waals surface area contributed by atoms with E-state index in [9.17, 15) is 13.2 Å². The fourth-order valence-electron chi connectivity index (χ4n) is 4.78. The van der Waals surface area contributed by atoms with E-state index in [4.69, 9.17) is 11.6 Å². The molecule has 0 bridgehead atoms. The van der Waals surface area contributed by atoms with Gasteiger partial charge in [0.2, 0.25) is 15.9 Å². The number of hydrogen-bond acceptors (Lipinski definition) is 4. The molecule has 174 valence electrons. The summed E-state index contributed by atoms with van der Waals surface area (Å²) in [5.41, 5.74) is 1.45. The van der Waals surface area contributed by atoms with Crippen LogP contribution in [0.5, 0.6) is 0 Å². The Kier molecular flexibility index (Phi) is 6.68. The van der Waals surface area contributed by atoms with Crippen LogP contribution in [-0.4, -0.2) is 71.8 Å². The molecule has 2 aromatic rings. The Hall–Kier alpha value is -1.87. The van der Waals surface area contributed by atoms with E-state index in [0.717, 1.165) is 18.8 Å². The second-order valence-corrected chi connectivity index (χ2v) is 11.1. The van der Waals surface area contributed by atoms with E-state index >= 15 is 0 Å². The number of hydrogen-bond donors (Lipinski definition) is 0. The average molecular weight is 479 g/mol. The molecule has 7 nitrogen and oxygen atoms in total. The Bertz CT molecular complexity index is 1070. The molecule has 1 unspecified atom stereocenters. The highest BCUT2D eigenvalue weighted by atomic mass is 35.5. The molecule has 1 aromatic heterocycles. The topological polar surface area (TPSA) is 65.9 Å². The number of carbonyl (C=O) groups excluding carboxylic acids is 1. The van der Waals surface area contributed by atoms with Crippen molar-refractivity contribution in [3.8, 4) is 0 Å². The van der Waals surface area contributed by atoms with E-state index in [1.807, 2.05) is 27.8 Å². The van der Waals surface area contributed by atoms with Crippen molar-refractivity contribution < 1.29 is 13.2 Å². The van der Waals surface area contributed by atoms with Crippen LogP contribution in [0.4, 0.5) is 0 Å². The summed E-state index contributed by atoms with van der Waals surface area (Å²) in [6.07, 6.45) is 2.06. The standard InChI is InChI=1S/C23H31ClN4O3S/c1-17(2)25-10-12-27(13-11-25)22(29)16-21-20-8-5-9-26(20)14-15-28(21)32(30,31)23-18(3)6-4-7-19(23)24/h4-9,17,21H,10-16H2,1-3H3. The molecule has 3 heterocycles. The molecule has 0 radical (unpaired) electrons. The zero-order valence-electron chi connectivity index (χ0n) is 18.9. The lowest BCUT2D eigenvalue weighted by Gasteiger charge is -2.39. The number of benzene rings is 1. The number of aryl methyl sites for hydroxylation is 1. The highest BCUT2D eigenvalue weighted by molar-refractivity contribution is 7.89. The van der Waals surface area contributed by atoms with Gasteiger partial charge < -0.3 is 9.47 Å². The van der Waals surface area contributed by atoms with E-state index in [0.29, 0.717) is 37.8 Å². The van der Waals surface area contributed by atoms with Crippen molar-refractivity contribution >= 4 is 27.5 Å². The van der Waals surface area contributed by atoms with Gasteiger partial charge in [0.1, 0.15) is 4.90 Å². The van der Waals surface area contributed by atoms with Gasteiger partial charge in [-0.05, 0) is 44.5 Å². The Morgan fingerprint density at radius 1 is 1.06 bits per heavy atom. The number of amides is 1. The maximum atomic E-state index is 13.7. The fraction of sp³-hybridized carbons (Fsp3) is 0.522. The van der Waals surface area contributed by atoms with Gasteiger partial charge >= 0.3 is 0 Å². The number of halogens is 1. The van der Waals surface area contributed by atoms with Crippen molar-refractivity contribution in [1.29, 1.82) is 0 Å². The lowest BCUT2D eigenvalue weighted by Crippen LogP contribution is -2.51. The van der Waals surface area contributed by atoms with Gasteiger partial charge in [0.25, 0.3) is 0 Å². The number of rotatable bonds is 5. The molecule has 1 fully saturated rings. The summed E-state index contributed by atoms with van der Waals surface area (Å²) >= 11 is 6.34. The predicted octanol–water partition coefficient (Wildman–Crippen LogP) is 3.14. The first-order valence-corrected chi connectivity index (χ1v) is 13.0. The maximum Gasteiger partial charge on any atom is 0.245 e. The Balaban J connectivity index is 1.62. The Morgan fingerprint density at radius 3 is 2.44 bits per heavy atom. The van der Waals surface area contributed by atoms with E-state index in [1.165, 1.54) is 4.31 Å². The molecule has 9 heteroatoms. The lowest BCUT2D eigenvalue weighted by atomic mass is 10.1. The van der Waals surface area contributed by atoms with Crippen LogP contribution in [-0.2, 0) is 21.4 Å². The van der Waals surface area contributed by atoms with E-state index in [2.05, 4.69) is 18.7 Å². The van der Waals surface area contributed by atoms with Crippen molar-refractivity contribution in [3.63, 3.8) is 0 Å². The molecule has 0 aliphatic carbocycles. The van der Waals surface area contributed by atoms with Gasteiger partial charge in [-0.3, -0.25) is 9.69 Å². The zero-order valence-corrected chi connectivity index (χ0v) is 20.4. The third-order valence-electron chi connectivity index (χ3n) is 6.61. The third-order valence-corrected chi connectivity index (χ3v) is 9.15. The summed E-state index contributed by atoms with van der Waals surface area (Å²) < 4.78 is 31.0. The molecule has 0 spiro atoms. The molecule has 2 aliphatic heterocycles. The molecule has 1 aromatic carbocycles. The molecule has 2 aliphatic rings. The minimum Gasteiger partial charge on any atom is -0.349 e. The summed E-state index contributed by atoms with van der Waals surface area (Å²) in [7, 11) is -3.88. The number of aromatic nitrogens is 1. The second-order valence-electron chi connectivity index (χ2n) is 8.86. The molecular weight excluding hydrogens is 448 g/mol. The Morgan fingerprint density at radius 2 is 1.78 bits per heavy atom. The van der Waals surface area contributed by atoms with Crippen LogP contribution in [0.3, 0.4) is 0 Å². The minimum absolute atomic E-state index is 0.0101. The maximum absolute atomic E-state index is 13.7. The minimum atomic E-state index is -3.88. The SMILES string of the molecule is Cc1cccc(Cl)c1S(=O)(=O)N1CCn2cccc2C1CC(=O)N1CCN(C(C)C)CC1. The molecule has 1 saturated heterocycles. The van der Waals surface area contributed by atoms with E-state index in [-0.39, 0.29) is 22.2 Å². The molecule has 0 saturated carbocycles. The molecule has 0 N–H and O–H groups in total. The highest BCUT2D eigenvalue weighted by Crippen LogP contribution is 2.37. The first kappa shape index (κ1) is 23.3. The van der Waals surface area contributed by atoms with Gasteiger partial charge in [-0.15, -0.1) is 0 Å². The monoisotopic (exact) mass is 478 g/mol. The predicted molar refractivity (Wildman–Crippen MR) is 125 cm³/mol. The van der Waals surface area contributed by atoms with Gasteiger partial charge in [0.05, 0.1) is 11.1 Å². The van der Waals surface area contributed by atoms with Gasteiger partial charge in [0, 0.05) is 63.6 Å². The Labute approximate surface area is 195 Å². The number of nitrogens with zero attached hydrogens (tertiary/aromatic N) is 4. The highest BCUT2D eigenvalue weighted by Gasteiger charge is 2.40. The molecule has 4 rings (SSSR count). The van der Waals surface area contributed by atoms with Crippen molar-refractivity contribution in [3.05, 3.63) is 52.8 Å². The van der Waals surface area contributed by atoms with Crippen LogP contribution in [0.2, 0.25) is 5.02 Å². The summed E-state index contributed by atoms with van der Waals surface area (Å²) in [6.45, 7) is 9.93. The molecule has 1 atom stereocenters. The number of piperazine rings is 1. The summed E-state index contributed by atoms with van der Waals surface area (Å²) in [6, 6.07) is 8.81. The summed E-state index contributed by atoms with van der Waals surface area (Å²) in [5, 5.41) is 0.209. The summed E-state index contributed by atoms with van der Waals surface area (Å²) in [4.78, 5) is 17.6. The zero-order chi connectivity index (χ0) is 23.0. The number of sulfonamides is 1. The van der Waals surface area contributed by atoms with Crippen LogP contribution < -0.4 is 0 Å². The van der Waals surface area contributed by atoms with Crippen molar-refractivity contribution in [2.75, 3.05) is 32.7 Å². The first-order chi connectivity index (χ1) is 15.2. The first-order valence-electron chi connectivity index (χ1n) is 11.1. The van der Waals surface area contributed by atoms with Gasteiger partial charge in [-0.1, -0.05) is 23.7 Å². The number of fused-ring (bicyclic) bond motifs is 1. The third kappa shape index (κ3) is 4.33. The van der Waals surface area contributed by atoms with Gasteiger partial charge in [-0.25, -0.2) is 8.42 Å².